The molecule has 0 fully saturated rings. The first kappa shape index (κ1) is 13.2. The Morgan fingerprint density at radius 1 is 1.35 bits per heavy atom. The predicted octanol–water partition coefficient (Wildman–Crippen LogP) is 1.64. The highest BCUT2D eigenvalue weighted by Crippen LogP contribution is 2.29. The van der Waals surface area contributed by atoms with E-state index in [9.17, 15) is 4.79 Å². The Balaban J connectivity index is 2.64. The van der Waals surface area contributed by atoms with Crippen molar-refractivity contribution in [2.45, 2.75) is 13.8 Å². The lowest BCUT2D eigenvalue weighted by Crippen LogP contribution is -2.17. The lowest BCUT2D eigenvalue weighted by molar-refractivity contribution is -0.140. The summed E-state index contributed by atoms with van der Waals surface area (Å²) in [7, 11) is 0. The smallest absolute Gasteiger partial charge is 0.325 e. The normalized spacial score (nSPS) is 9.76. The van der Waals surface area contributed by atoms with Gasteiger partial charge in [0, 0.05) is 0 Å². The molecule has 0 amide bonds. The number of benzene rings is 1. The molecule has 94 valence electrons. The highest BCUT2D eigenvalue weighted by atomic mass is 16.5. The summed E-state index contributed by atoms with van der Waals surface area (Å²) < 4.78 is 10.2. The molecule has 1 rings (SSSR count). The van der Waals surface area contributed by atoms with E-state index in [0.717, 1.165) is 0 Å². The molecule has 0 spiro atoms. The van der Waals surface area contributed by atoms with Crippen molar-refractivity contribution < 1.29 is 14.3 Å². The Bertz CT molecular complexity index is 380. The maximum atomic E-state index is 11.2. The van der Waals surface area contributed by atoms with Crippen LogP contribution in [-0.4, -0.2) is 25.7 Å². The SMILES string of the molecule is CCOC(=O)CNc1cccc(OCC)c1N. The van der Waals surface area contributed by atoms with Crippen LogP contribution in [0.15, 0.2) is 18.2 Å². The van der Waals surface area contributed by atoms with Gasteiger partial charge in [0.2, 0.25) is 0 Å². The third-order valence-corrected chi connectivity index (χ3v) is 2.09. The summed E-state index contributed by atoms with van der Waals surface area (Å²) in [6.07, 6.45) is 0. The van der Waals surface area contributed by atoms with E-state index in [1.165, 1.54) is 0 Å². The second-order valence-corrected chi connectivity index (χ2v) is 3.31. The topological polar surface area (TPSA) is 73.6 Å². The molecule has 5 nitrogen and oxygen atoms in total. The number of anilines is 2. The van der Waals surface area contributed by atoms with Gasteiger partial charge in [0.15, 0.2) is 0 Å². The summed E-state index contributed by atoms with van der Waals surface area (Å²) in [6.45, 7) is 4.66. The van der Waals surface area contributed by atoms with Crippen molar-refractivity contribution in [3.05, 3.63) is 18.2 Å². The number of carbonyl (C=O) groups is 1. The lowest BCUT2D eigenvalue weighted by Gasteiger charge is -2.12. The van der Waals surface area contributed by atoms with Gasteiger partial charge in [0.1, 0.15) is 12.3 Å². The predicted molar refractivity (Wildman–Crippen MR) is 67.1 cm³/mol. The van der Waals surface area contributed by atoms with Gasteiger partial charge in [-0.2, -0.15) is 0 Å². The molecule has 0 heterocycles. The Morgan fingerprint density at radius 3 is 2.76 bits per heavy atom. The van der Waals surface area contributed by atoms with Crippen molar-refractivity contribution >= 4 is 17.3 Å². The molecule has 3 N–H and O–H groups in total. The van der Waals surface area contributed by atoms with Gasteiger partial charge < -0.3 is 20.5 Å². The van der Waals surface area contributed by atoms with Gasteiger partial charge >= 0.3 is 5.97 Å². The molecule has 0 aliphatic heterocycles. The van der Waals surface area contributed by atoms with E-state index >= 15 is 0 Å². The Morgan fingerprint density at radius 2 is 2.12 bits per heavy atom. The average molecular weight is 238 g/mol. The van der Waals surface area contributed by atoms with E-state index in [1.54, 1.807) is 19.1 Å². The van der Waals surface area contributed by atoms with Crippen molar-refractivity contribution in [3.8, 4) is 5.75 Å². The highest BCUT2D eigenvalue weighted by Gasteiger charge is 2.07. The molecule has 1 aromatic rings. The van der Waals surface area contributed by atoms with E-state index in [2.05, 4.69) is 5.32 Å². The van der Waals surface area contributed by atoms with Crippen molar-refractivity contribution in [1.82, 2.24) is 0 Å². The van der Waals surface area contributed by atoms with Crippen LogP contribution in [0.25, 0.3) is 0 Å². The zero-order valence-corrected chi connectivity index (χ0v) is 10.2. The van der Waals surface area contributed by atoms with Gasteiger partial charge in [0.25, 0.3) is 0 Å². The average Bonchev–Trinajstić information content (AvgIpc) is 2.31. The maximum absolute atomic E-state index is 11.2. The van der Waals surface area contributed by atoms with Gasteiger partial charge in [-0.1, -0.05) is 6.07 Å². The van der Waals surface area contributed by atoms with E-state index in [4.69, 9.17) is 15.2 Å². The third kappa shape index (κ3) is 3.86. The molecule has 0 aliphatic rings. The summed E-state index contributed by atoms with van der Waals surface area (Å²) in [5.74, 6) is 0.301. The molecular formula is C12H18N2O3. The molecule has 0 unspecified atom stereocenters. The maximum Gasteiger partial charge on any atom is 0.325 e. The van der Waals surface area contributed by atoms with Crippen molar-refractivity contribution in [3.63, 3.8) is 0 Å². The molecule has 0 aliphatic carbocycles. The Labute approximate surface area is 101 Å². The number of nitrogens with one attached hydrogen (secondary N) is 1. The van der Waals surface area contributed by atoms with Gasteiger partial charge in [-0.25, -0.2) is 0 Å². The van der Waals surface area contributed by atoms with Crippen LogP contribution in [0.2, 0.25) is 0 Å². The zero-order valence-electron chi connectivity index (χ0n) is 10.2. The van der Waals surface area contributed by atoms with Crippen LogP contribution in [0, 0.1) is 0 Å². The lowest BCUT2D eigenvalue weighted by atomic mass is 10.2. The molecule has 0 bridgehead atoms. The monoisotopic (exact) mass is 238 g/mol. The fraction of sp³-hybridized carbons (Fsp3) is 0.417. The fourth-order valence-electron chi connectivity index (χ4n) is 1.36. The number of para-hydroxylation sites is 1. The van der Waals surface area contributed by atoms with Crippen molar-refractivity contribution in [2.24, 2.45) is 0 Å². The summed E-state index contributed by atoms with van der Waals surface area (Å²) in [5.41, 5.74) is 7.06. The van der Waals surface area contributed by atoms with Crippen LogP contribution in [0.5, 0.6) is 5.75 Å². The minimum atomic E-state index is -0.311. The van der Waals surface area contributed by atoms with Gasteiger partial charge in [-0.05, 0) is 26.0 Å². The first-order chi connectivity index (χ1) is 8.19. The van der Waals surface area contributed by atoms with E-state index in [-0.39, 0.29) is 12.5 Å². The van der Waals surface area contributed by atoms with Crippen LogP contribution in [0.3, 0.4) is 0 Å². The summed E-state index contributed by atoms with van der Waals surface area (Å²) >= 11 is 0. The summed E-state index contributed by atoms with van der Waals surface area (Å²) in [6, 6.07) is 5.39. The highest BCUT2D eigenvalue weighted by molar-refractivity contribution is 5.79. The largest absolute Gasteiger partial charge is 0.492 e. The van der Waals surface area contributed by atoms with E-state index < -0.39 is 0 Å². The molecule has 0 saturated heterocycles. The molecule has 0 atom stereocenters. The molecular weight excluding hydrogens is 220 g/mol. The quantitative estimate of drug-likeness (QED) is 0.582. The minimum absolute atomic E-state index is 0.0909. The van der Waals surface area contributed by atoms with Crippen molar-refractivity contribution in [2.75, 3.05) is 30.8 Å². The Kier molecular flexibility index (Phi) is 5.13. The fourth-order valence-corrected chi connectivity index (χ4v) is 1.36. The number of hydrogen-bond acceptors (Lipinski definition) is 5. The van der Waals surface area contributed by atoms with Crippen LogP contribution in [-0.2, 0) is 9.53 Å². The van der Waals surface area contributed by atoms with Gasteiger partial charge in [-0.15, -0.1) is 0 Å². The second-order valence-electron chi connectivity index (χ2n) is 3.31. The molecule has 0 saturated carbocycles. The zero-order chi connectivity index (χ0) is 12.7. The van der Waals surface area contributed by atoms with Gasteiger partial charge in [-0.3, -0.25) is 4.79 Å². The number of hydrogen-bond donors (Lipinski definition) is 2. The van der Waals surface area contributed by atoms with Crippen LogP contribution in [0.1, 0.15) is 13.8 Å². The molecule has 0 aromatic heterocycles. The summed E-state index contributed by atoms with van der Waals surface area (Å²) in [5, 5.41) is 2.92. The molecule has 1 aromatic carbocycles. The van der Waals surface area contributed by atoms with Crippen LogP contribution >= 0.6 is 0 Å². The van der Waals surface area contributed by atoms with Crippen LogP contribution < -0.4 is 15.8 Å². The first-order valence-corrected chi connectivity index (χ1v) is 5.59. The molecule has 17 heavy (non-hydrogen) atoms. The molecule has 0 radical (unpaired) electrons. The number of ether oxygens (including phenoxy) is 2. The second kappa shape index (κ2) is 6.62. The van der Waals surface area contributed by atoms with Gasteiger partial charge in [0.05, 0.1) is 24.6 Å². The third-order valence-electron chi connectivity index (χ3n) is 2.09. The number of esters is 1. The minimum Gasteiger partial charge on any atom is -0.492 e. The first-order valence-electron chi connectivity index (χ1n) is 5.59. The van der Waals surface area contributed by atoms with E-state index in [0.29, 0.717) is 30.3 Å². The number of nitrogen functional groups attached to an aromatic ring is 1. The van der Waals surface area contributed by atoms with E-state index in [1.807, 2.05) is 13.0 Å². The molecule has 5 heteroatoms. The summed E-state index contributed by atoms with van der Waals surface area (Å²) in [4.78, 5) is 11.2. The number of carbonyl (C=O) groups excluding carboxylic acids is 1. The van der Waals surface area contributed by atoms with Crippen molar-refractivity contribution in [1.29, 1.82) is 0 Å². The Hall–Kier alpha value is -1.91. The standard InChI is InChI=1S/C12H18N2O3/c1-3-16-10-7-5-6-9(12(10)13)14-8-11(15)17-4-2/h5-7,14H,3-4,8,13H2,1-2H3. The van der Waals surface area contributed by atoms with Crippen LogP contribution in [0.4, 0.5) is 11.4 Å². The number of nitrogens with two attached hydrogens (primary N) is 1. The number of rotatable bonds is 6.